The second kappa shape index (κ2) is 8.56. The maximum Gasteiger partial charge on any atom is 0.417 e. The van der Waals surface area contributed by atoms with Gasteiger partial charge in [0, 0.05) is 32.2 Å². The molecule has 23 heavy (non-hydrogen) atoms. The van der Waals surface area contributed by atoms with Crippen LogP contribution in [0.5, 0.6) is 0 Å². The predicted octanol–water partition coefficient (Wildman–Crippen LogP) is 4.77. The van der Waals surface area contributed by atoms with Crippen LogP contribution in [0.3, 0.4) is 0 Å². The standard InChI is InChI=1S/C16H22ClF3N2.ClH/c1-11(2)10-14(22-8-6-21-7-9-22)12-4-3-5-13(15(12)17)16(18,19)20;/h3-5,11,14,21H,6-10H2,1-2H3;1H/t14-;/m1./s1. The molecule has 1 saturated heterocycles. The first kappa shape index (κ1) is 20.6. The lowest BCUT2D eigenvalue weighted by atomic mass is 9.93. The minimum absolute atomic E-state index is 0. The molecule has 0 spiro atoms. The Hall–Kier alpha value is -0.490. The molecule has 1 fully saturated rings. The van der Waals surface area contributed by atoms with Crippen molar-refractivity contribution >= 4 is 24.0 Å². The predicted molar refractivity (Wildman–Crippen MR) is 90.3 cm³/mol. The lowest BCUT2D eigenvalue weighted by molar-refractivity contribution is -0.137. The van der Waals surface area contributed by atoms with Crippen molar-refractivity contribution in [3.63, 3.8) is 0 Å². The summed E-state index contributed by atoms with van der Waals surface area (Å²) in [5.74, 6) is 0.380. The second-order valence-electron chi connectivity index (χ2n) is 6.14. The lowest BCUT2D eigenvalue weighted by Gasteiger charge is -2.37. The first-order valence-corrected chi connectivity index (χ1v) is 7.99. The minimum Gasteiger partial charge on any atom is -0.314 e. The first-order valence-electron chi connectivity index (χ1n) is 7.61. The Balaban J connectivity index is 0.00000264. The molecule has 0 aliphatic carbocycles. The summed E-state index contributed by atoms with van der Waals surface area (Å²) in [7, 11) is 0. The second-order valence-corrected chi connectivity index (χ2v) is 6.52. The Labute approximate surface area is 146 Å². The van der Waals surface area contributed by atoms with Gasteiger partial charge in [-0.2, -0.15) is 13.2 Å². The molecule has 132 valence electrons. The number of rotatable bonds is 4. The van der Waals surface area contributed by atoms with E-state index in [9.17, 15) is 13.2 Å². The smallest absolute Gasteiger partial charge is 0.314 e. The highest BCUT2D eigenvalue weighted by atomic mass is 35.5. The summed E-state index contributed by atoms with van der Waals surface area (Å²) in [6.45, 7) is 7.51. The van der Waals surface area contributed by atoms with Crippen LogP contribution in [0.1, 0.15) is 37.4 Å². The molecule has 2 nitrogen and oxygen atoms in total. The van der Waals surface area contributed by atoms with E-state index < -0.39 is 11.7 Å². The molecule has 0 aromatic heterocycles. The fraction of sp³-hybridized carbons (Fsp3) is 0.625. The van der Waals surface area contributed by atoms with E-state index in [1.807, 2.05) is 0 Å². The van der Waals surface area contributed by atoms with Gasteiger partial charge in [0.25, 0.3) is 0 Å². The Kier molecular flexibility index (Phi) is 7.65. The van der Waals surface area contributed by atoms with E-state index in [2.05, 4.69) is 24.1 Å². The largest absolute Gasteiger partial charge is 0.417 e. The van der Waals surface area contributed by atoms with Crippen molar-refractivity contribution in [3.8, 4) is 0 Å². The van der Waals surface area contributed by atoms with Crippen LogP contribution in [-0.4, -0.2) is 31.1 Å². The van der Waals surface area contributed by atoms with E-state index in [4.69, 9.17) is 11.6 Å². The third kappa shape index (κ3) is 5.24. The van der Waals surface area contributed by atoms with Crippen molar-refractivity contribution in [1.82, 2.24) is 10.2 Å². The molecule has 1 aliphatic heterocycles. The fourth-order valence-electron chi connectivity index (χ4n) is 2.94. The normalized spacial score (nSPS) is 17.9. The number of benzene rings is 1. The zero-order valence-corrected chi connectivity index (χ0v) is 14.9. The Morgan fingerprint density at radius 1 is 1.22 bits per heavy atom. The molecule has 0 unspecified atom stereocenters. The van der Waals surface area contributed by atoms with Crippen molar-refractivity contribution in [3.05, 3.63) is 34.3 Å². The molecule has 1 atom stereocenters. The number of piperazine rings is 1. The number of hydrogen-bond donors (Lipinski definition) is 1. The van der Waals surface area contributed by atoms with Crippen LogP contribution in [0.2, 0.25) is 5.02 Å². The molecule has 1 aromatic carbocycles. The van der Waals surface area contributed by atoms with Gasteiger partial charge >= 0.3 is 6.18 Å². The van der Waals surface area contributed by atoms with Gasteiger partial charge in [0.1, 0.15) is 0 Å². The van der Waals surface area contributed by atoms with E-state index in [0.717, 1.165) is 38.7 Å². The minimum atomic E-state index is -4.42. The van der Waals surface area contributed by atoms with Gasteiger partial charge in [-0.1, -0.05) is 37.6 Å². The molecule has 1 heterocycles. The summed E-state index contributed by atoms with van der Waals surface area (Å²) >= 11 is 6.13. The summed E-state index contributed by atoms with van der Waals surface area (Å²) in [4.78, 5) is 2.23. The molecule has 0 radical (unpaired) electrons. The highest BCUT2D eigenvalue weighted by Gasteiger charge is 2.35. The average Bonchev–Trinajstić information content (AvgIpc) is 2.45. The van der Waals surface area contributed by atoms with Gasteiger partial charge in [-0.15, -0.1) is 12.4 Å². The molecule has 7 heteroatoms. The summed E-state index contributed by atoms with van der Waals surface area (Å²) < 4.78 is 39.3. The van der Waals surface area contributed by atoms with Gasteiger partial charge in [-0.25, -0.2) is 0 Å². The monoisotopic (exact) mass is 370 g/mol. The maximum atomic E-state index is 13.1. The quantitative estimate of drug-likeness (QED) is 0.820. The van der Waals surface area contributed by atoms with Crippen molar-refractivity contribution in [2.75, 3.05) is 26.2 Å². The average molecular weight is 371 g/mol. The number of alkyl halides is 3. The molecule has 0 saturated carbocycles. The van der Waals surface area contributed by atoms with Crippen molar-refractivity contribution in [1.29, 1.82) is 0 Å². The molecule has 0 bridgehead atoms. The summed E-state index contributed by atoms with van der Waals surface area (Å²) in [6.07, 6.45) is -3.63. The fourth-order valence-corrected chi connectivity index (χ4v) is 3.30. The lowest BCUT2D eigenvalue weighted by Crippen LogP contribution is -2.45. The highest BCUT2D eigenvalue weighted by molar-refractivity contribution is 6.32. The number of halogens is 5. The summed E-state index contributed by atoms with van der Waals surface area (Å²) in [5, 5.41) is 3.12. The summed E-state index contributed by atoms with van der Waals surface area (Å²) in [6, 6.07) is 4.17. The van der Waals surface area contributed by atoms with Gasteiger partial charge < -0.3 is 5.32 Å². The molecule has 1 aliphatic rings. The zero-order chi connectivity index (χ0) is 16.3. The Morgan fingerprint density at radius 3 is 2.35 bits per heavy atom. The number of hydrogen-bond acceptors (Lipinski definition) is 2. The van der Waals surface area contributed by atoms with Gasteiger partial charge in [0.15, 0.2) is 0 Å². The first-order chi connectivity index (χ1) is 10.3. The van der Waals surface area contributed by atoms with Crippen LogP contribution in [0.25, 0.3) is 0 Å². The van der Waals surface area contributed by atoms with E-state index in [-0.39, 0.29) is 23.5 Å². The molecular formula is C16H23Cl2F3N2. The topological polar surface area (TPSA) is 15.3 Å². The molecular weight excluding hydrogens is 348 g/mol. The Morgan fingerprint density at radius 2 is 1.83 bits per heavy atom. The number of nitrogens with one attached hydrogen (secondary N) is 1. The van der Waals surface area contributed by atoms with E-state index in [0.29, 0.717) is 11.5 Å². The number of nitrogens with zero attached hydrogens (tertiary/aromatic N) is 1. The van der Waals surface area contributed by atoms with Gasteiger partial charge in [-0.3, -0.25) is 4.90 Å². The SMILES string of the molecule is CC(C)C[C@H](c1cccc(C(F)(F)F)c1Cl)N1CCNCC1.Cl. The van der Waals surface area contributed by atoms with E-state index >= 15 is 0 Å². The van der Waals surface area contributed by atoms with Crippen LogP contribution < -0.4 is 5.32 Å². The van der Waals surface area contributed by atoms with Crippen molar-refractivity contribution in [2.24, 2.45) is 5.92 Å². The van der Waals surface area contributed by atoms with Crippen LogP contribution >= 0.6 is 24.0 Å². The van der Waals surface area contributed by atoms with Crippen molar-refractivity contribution in [2.45, 2.75) is 32.5 Å². The zero-order valence-electron chi connectivity index (χ0n) is 13.3. The van der Waals surface area contributed by atoms with E-state index in [1.54, 1.807) is 6.07 Å². The van der Waals surface area contributed by atoms with Gasteiger partial charge in [0.05, 0.1) is 10.6 Å². The van der Waals surface area contributed by atoms with E-state index in [1.165, 1.54) is 6.07 Å². The molecule has 2 rings (SSSR count). The highest BCUT2D eigenvalue weighted by Crippen LogP contribution is 2.40. The third-order valence-corrected chi connectivity index (χ3v) is 4.40. The van der Waals surface area contributed by atoms with Gasteiger partial charge in [0.2, 0.25) is 0 Å². The molecule has 1 aromatic rings. The summed E-state index contributed by atoms with van der Waals surface area (Å²) in [5.41, 5.74) is -0.150. The van der Waals surface area contributed by atoms with Crippen LogP contribution in [0.4, 0.5) is 13.2 Å². The van der Waals surface area contributed by atoms with Crippen molar-refractivity contribution < 1.29 is 13.2 Å². The van der Waals surface area contributed by atoms with Crippen LogP contribution in [0, 0.1) is 5.92 Å². The Bertz CT molecular complexity index is 501. The van der Waals surface area contributed by atoms with Gasteiger partial charge in [-0.05, 0) is 24.0 Å². The third-order valence-electron chi connectivity index (χ3n) is 3.98. The maximum absolute atomic E-state index is 13.1. The van der Waals surface area contributed by atoms with Crippen LogP contribution in [-0.2, 0) is 6.18 Å². The molecule has 1 N–H and O–H groups in total. The molecule has 0 amide bonds. The van der Waals surface area contributed by atoms with Crippen LogP contribution in [0.15, 0.2) is 18.2 Å².